The van der Waals surface area contributed by atoms with Crippen LogP contribution in [0.5, 0.6) is 0 Å². The first kappa shape index (κ1) is 23.5. The number of aromatic nitrogens is 6. The summed E-state index contributed by atoms with van der Waals surface area (Å²) in [5, 5.41) is 10.9. The Morgan fingerprint density at radius 1 is 0.784 bits per heavy atom. The predicted octanol–water partition coefficient (Wildman–Crippen LogP) is 2.64. The SMILES string of the molecule is Cc1ccc2c(c1)c(=O)n(C1CCN(c3nnc(Cl)c4cc5c(cc34)n(C)c(=O)n5C)CC1)c(=O)n2C. The van der Waals surface area contributed by atoms with Crippen LogP contribution in [-0.2, 0) is 21.1 Å². The number of imidazole rings is 1. The molecule has 1 fully saturated rings. The third-order valence-electron chi connectivity index (χ3n) is 7.69. The summed E-state index contributed by atoms with van der Waals surface area (Å²) < 4.78 is 6.15. The van der Waals surface area contributed by atoms with Gasteiger partial charge in [-0.15, -0.1) is 10.2 Å². The zero-order chi connectivity index (χ0) is 26.2. The number of hydrogen-bond acceptors (Lipinski definition) is 6. The van der Waals surface area contributed by atoms with E-state index < -0.39 is 0 Å². The summed E-state index contributed by atoms with van der Waals surface area (Å²) in [6, 6.07) is 9.16. The third kappa shape index (κ3) is 3.42. The Morgan fingerprint density at radius 2 is 1.41 bits per heavy atom. The van der Waals surface area contributed by atoms with Crippen molar-refractivity contribution in [1.29, 1.82) is 0 Å². The summed E-state index contributed by atoms with van der Waals surface area (Å²) in [5.74, 6) is 0.672. The maximum absolute atomic E-state index is 13.4. The lowest BCUT2D eigenvalue weighted by molar-refractivity contribution is 0.370. The Labute approximate surface area is 215 Å². The highest BCUT2D eigenvalue weighted by Crippen LogP contribution is 2.34. The molecule has 37 heavy (non-hydrogen) atoms. The third-order valence-corrected chi connectivity index (χ3v) is 7.97. The number of halogens is 1. The second-order valence-electron chi connectivity index (χ2n) is 9.86. The van der Waals surface area contributed by atoms with Gasteiger partial charge < -0.3 is 4.90 Å². The first-order chi connectivity index (χ1) is 17.7. The normalized spacial score (nSPS) is 14.9. The van der Waals surface area contributed by atoms with E-state index in [0.29, 0.717) is 42.7 Å². The number of hydrogen-bond donors (Lipinski definition) is 0. The molecule has 10 nitrogen and oxygen atoms in total. The molecular weight excluding hydrogens is 494 g/mol. The van der Waals surface area contributed by atoms with Crippen molar-refractivity contribution < 1.29 is 0 Å². The van der Waals surface area contributed by atoms with Gasteiger partial charge >= 0.3 is 11.4 Å². The van der Waals surface area contributed by atoms with Crippen LogP contribution < -0.4 is 21.8 Å². The molecule has 190 valence electrons. The van der Waals surface area contributed by atoms with E-state index in [1.807, 2.05) is 37.3 Å². The van der Waals surface area contributed by atoms with Crippen LogP contribution in [0.4, 0.5) is 5.82 Å². The lowest BCUT2D eigenvalue weighted by Gasteiger charge is -2.33. The fraction of sp³-hybridized carbons (Fsp3) is 0.346. The summed E-state index contributed by atoms with van der Waals surface area (Å²) in [4.78, 5) is 41.1. The molecule has 0 spiro atoms. The molecule has 0 radical (unpaired) electrons. The van der Waals surface area contributed by atoms with Crippen LogP contribution in [0.25, 0.3) is 32.7 Å². The first-order valence-electron chi connectivity index (χ1n) is 12.2. The number of aryl methyl sites for hydroxylation is 4. The second kappa shape index (κ2) is 8.31. The van der Waals surface area contributed by atoms with Crippen LogP contribution in [-0.4, -0.2) is 41.6 Å². The van der Waals surface area contributed by atoms with Crippen LogP contribution in [0.15, 0.2) is 44.7 Å². The molecule has 4 heterocycles. The molecule has 0 amide bonds. The summed E-state index contributed by atoms with van der Waals surface area (Å²) in [7, 11) is 5.17. The van der Waals surface area contributed by atoms with E-state index in [0.717, 1.165) is 27.4 Å². The minimum atomic E-state index is -0.302. The number of fused-ring (bicyclic) bond motifs is 3. The Kier molecular flexibility index (Phi) is 5.27. The molecule has 0 saturated carbocycles. The highest BCUT2D eigenvalue weighted by Gasteiger charge is 2.27. The van der Waals surface area contributed by atoms with Gasteiger partial charge in [0.1, 0.15) is 0 Å². The Balaban J connectivity index is 1.39. The van der Waals surface area contributed by atoms with Crippen LogP contribution >= 0.6 is 11.6 Å². The van der Waals surface area contributed by atoms with Gasteiger partial charge in [0.2, 0.25) is 0 Å². The van der Waals surface area contributed by atoms with Gasteiger partial charge in [-0.05, 0) is 44.0 Å². The molecule has 1 saturated heterocycles. The lowest BCUT2D eigenvalue weighted by Crippen LogP contribution is -2.45. The topological polar surface area (TPSA) is 100.0 Å². The van der Waals surface area contributed by atoms with Crippen molar-refractivity contribution in [3.63, 3.8) is 0 Å². The maximum atomic E-state index is 13.4. The quantitative estimate of drug-likeness (QED) is 0.355. The van der Waals surface area contributed by atoms with Crippen LogP contribution in [0, 0.1) is 6.92 Å². The van der Waals surface area contributed by atoms with E-state index in [2.05, 4.69) is 15.1 Å². The van der Waals surface area contributed by atoms with Gasteiger partial charge in [0.15, 0.2) is 11.0 Å². The molecule has 0 aliphatic carbocycles. The number of nitrogens with zero attached hydrogens (tertiary/aromatic N) is 7. The Morgan fingerprint density at radius 3 is 2.08 bits per heavy atom. The zero-order valence-electron chi connectivity index (χ0n) is 21.0. The summed E-state index contributed by atoms with van der Waals surface area (Å²) in [6.45, 7) is 3.11. The molecule has 3 aromatic heterocycles. The van der Waals surface area contributed by atoms with Gasteiger partial charge in [-0.25, -0.2) is 9.59 Å². The zero-order valence-corrected chi connectivity index (χ0v) is 21.8. The molecule has 6 rings (SSSR count). The molecule has 1 aliphatic rings. The van der Waals surface area contributed by atoms with Crippen molar-refractivity contribution in [3.8, 4) is 0 Å². The first-order valence-corrected chi connectivity index (χ1v) is 12.5. The molecule has 1 aliphatic heterocycles. The average Bonchev–Trinajstić information content (AvgIpc) is 3.11. The molecule has 11 heteroatoms. The van der Waals surface area contributed by atoms with E-state index in [9.17, 15) is 14.4 Å². The molecule has 0 bridgehead atoms. The van der Waals surface area contributed by atoms with Crippen molar-refractivity contribution in [1.82, 2.24) is 28.5 Å². The Hall–Kier alpha value is -3.92. The minimum absolute atomic E-state index is 0.123. The van der Waals surface area contributed by atoms with Crippen molar-refractivity contribution >= 4 is 50.1 Å². The fourth-order valence-electron chi connectivity index (χ4n) is 5.59. The van der Waals surface area contributed by atoms with E-state index in [-0.39, 0.29) is 28.1 Å². The standard InChI is InChI=1S/C26H26ClN7O3/c1-14-5-6-19-18(11-14)24(35)34(26(37)30(19)2)15-7-9-33(10-8-15)23-17-13-21-20(31(3)25(36)32(21)4)12-16(17)22(27)28-29-23/h5-6,11-13,15H,7-10H2,1-4H3. The van der Waals surface area contributed by atoms with E-state index in [1.165, 1.54) is 4.57 Å². The Bertz CT molecular complexity index is 1920. The molecule has 5 aromatic rings. The largest absolute Gasteiger partial charge is 0.354 e. The molecule has 0 N–H and O–H groups in total. The molecule has 0 unspecified atom stereocenters. The summed E-state index contributed by atoms with van der Waals surface area (Å²) in [6.07, 6.45) is 1.20. The number of rotatable bonds is 2. The number of piperidine rings is 1. The predicted molar refractivity (Wildman–Crippen MR) is 145 cm³/mol. The van der Waals surface area contributed by atoms with Crippen LogP contribution in [0.3, 0.4) is 0 Å². The highest BCUT2D eigenvalue weighted by atomic mass is 35.5. The minimum Gasteiger partial charge on any atom is -0.354 e. The van der Waals surface area contributed by atoms with Gasteiger partial charge in [-0.1, -0.05) is 23.2 Å². The van der Waals surface area contributed by atoms with Crippen molar-refractivity contribution in [2.75, 3.05) is 18.0 Å². The summed E-state index contributed by atoms with van der Waals surface area (Å²) >= 11 is 6.42. The highest BCUT2D eigenvalue weighted by molar-refractivity contribution is 6.35. The lowest BCUT2D eigenvalue weighted by atomic mass is 10.0. The van der Waals surface area contributed by atoms with Gasteiger partial charge in [0.05, 0.1) is 21.9 Å². The average molecular weight is 520 g/mol. The van der Waals surface area contributed by atoms with Crippen LogP contribution in [0.2, 0.25) is 5.15 Å². The molecule has 2 aromatic carbocycles. The smallest absolute Gasteiger partial charge is 0.331 e. The van der Waals surface area contributed by atoms with Gasteiger partial charge in [-0.2, -0.15) is 0 Å². The second-order valence-corrected chi connectivity index (χ2v) is 10.2. The molecule has 0 atom stereocenters. The van der Waals surface area contributed by atoms with Gasteiger partial charge in [-0.3, -0.25) is 23.1 Å². The monoisotopic (exact) mass is 519 g/mol. The van der Waals surface area contributed by atoms with Gasteiger partial charge in [0, 0.05) is 51.0 Å². The van der Waals surface area contributed by atoms with E-state index >= 15 is 0 Å². The van der Waals surface area contributed by atoms with E-state index in [1.54, 1.807) is 34.8 Å². The van der Waals surface area contributed by atoms with Crippen molar-refractivity contribution in [2.45, 2.75) is 25.8 Å². The van der Waals surface area contributed by atoms with Crippen LogP contribution in [0.1, 0.15) is 24.4 Å². The molecular formula is C26H26ClN7O3. The summed E-state index contributed by atoms with van der Waals surface area (Å²) in [5.41, 5.74) is 2.49. The van der Waals surface area contributed by atoms with Gasteiger partial charge in [0.25, 0.3) is 5.56 Å². The van der Waals surface area contributed by atoms with E-state index in [4.69, 9.17) is 11.6 Å². The maximum Gasteiger partial charge on any atom is 0.331 e. The number of benzene rings is 2. The van der Waals surface area contributed by atoms with Crippen molar-refractivity contribution in [3.05, 3.63) is 72.4 Å². The van der Waals surface area contributed by atoms with Crippen molar-refractivity contribution in [2.24, 2.45) is 21.1 Å². The number of anilines is 1. The fourth-order valence-corrected chi connectivity index (χ4v) is 5.78.